The van der Waals surface area contributed by atoms with Crippen molar-refractivity contribution in [3.63, 3.8) is 0 Å². The Bertz CT molecular complexity index is 801. The molecule has 0 aliphatic carbocycles. The van der Waals surface area contributed by atoms with Crippen LogP contribution in [0.3, 0.4) is 0 Å². The molecule has 7 heteroatoms. The van der Waals surface area contributed by atoms with Crippen LogP contribution < -0.4 is 10.9 Å². The summed E-state index contributed by atoms with van der Waals surface area (Å²) in [4.78, 5) is 28.0. The lowest BCUT2D eigenvalue weighted by atomic mass is 9.72. The van der Waals surface area contributed by atoms with Crippen molar-refractivity contribution in [3.05, 3.63) is 58.3 Å². The highest BCUT2D eigenvalue weighted by molar-refractivity contribution is 7.10. The fourth-order valence-electron chi connectivity index (χ4n) is 4.11. The first-order valence-electron chi connectivity index (χ1n) is 9.22. The number of likely N-dealkylation sites (tertiary alicyclic amines) is 1. The smallest absolute Gasteiger partial charge is 0.314 e. The Hall–Kier alpha value is -2.22. The number of nitrogens with one attached hydrogen (secondary N) is 2. The minimum absolute atomic E-state index is 0.0496. The molecule has 2 fully saturated rings. The number of benzene rings is 1. The van der Waals surface area contributed by atoms with Crippen LogP contribution >= 0.6 is 11.3 Å². The Labute approximate surface area is 162 Å². The molecule has 0 bridgehead atoms. The monoisotopic (exact) mass is 385 g/mol. The van der Waals surface area contributed by atoms with Gasteiger partial charge in [0.2, 0.25) is 5.91 Å². The van der Waals surface area contributed by atoms with E-state index in [0.29, 0.717) is 32.4 Å². The van der Waals surface area contributed by atoms with E-state index in [-0.39, 0.29) is 18.0 Å². The normalized spacial score (nSPS) is 24.7. The number of hydrogen-bond donors (Lipinski definition) is 3. The van der Waals surface area contributed by atoms with E-state index >= 15 is 0 Å². The molecule has 3 N–H and O–H groups in total. The van der Waals surface area contributed by atoms with Gasteiger partial charge in [-0.05, 0) is 36.3 Å². The second-order valence-corrected chi connectivity index (χ2v) is 8.20. The molecule has 0 radical (unpaired) electrons. The Morgan fingerprint density at radius 2 is 1.81 bits per heavy atom. The minimum Gasteiger partial charge on any atom is -0.481 e. The predicted octanol–water partition coefficient (Wildman–Crippen LogP) is 2.30. The quantitative estimate of drug-likeness (QED) is 0.752. The molecule has 2 aromatic rings. The van der Waals surface area contributed by atoms with E-state index in [4.69, 9.17) is 0 Å². The van der Waals surface area contributed by atoms with Crippen molar-refractivity contribution in [3.8, 4) is 0 Å². The molecule has 142 valence electrons. The second kappa shape index (κ2) is 7.42. The molecule has 27 heavy (non-hydrogen) atoms. The van der Waals surface area contributed by atoms with Gasteiger partial charge in [0.15, 0.2) is 0 Å². The number of carboxylic acid groups (broad SMARTS) is 1. The summed E-state index contributed by atoms with van der Waals surface area (Å²) in [7, 11) is 0. The number of piperidine rings is 1. The predicted molar refractivity (Wildman–Crippen MR) is 103 cm³/mol. The number of nitrogens with zero attached hydrogens (tertiary/aromatic N) is 1. The number of rotatable bonds is 4. The zero-order valence-corrected chi connectivity index (χ0v) is 15.7. The van der Waals surface area contributed by atoms with Crippen LogP contribution in [0.5, 0.6) is 0 Å². The molecule has 6 nitrogen and oxygen atoms in total. The standard InChI is InChI=1S/C20H23N3O3S/c24-18(16-13-15(21-22-16)17-7-4-12-27-17)23-10-8-20(9-11-23,19(25)26)14-5-2-1-3-6-14/h1-7,12,15-16,21-22H,8-11,13H2,(H,25,26). The second-order valence-electron chi connectivity index (χ2n) is 7.22. The maximum absolute atomic E-state index is 12.9. The van der Waals surface area contributed by atoms with Gasteiger partial charge in [-0.25, -0.2) is 10.9 Å². The number of amides is 1. The molecular formula is C20H23N3O3S. The van der Waals surface area contributed by atoms with Crippen molar-refractivity contribution in [1.29, 1.82) is 0 Å². The summed E-state index contributed by atoms with van der Waals surface area (Å²) < 4.78 is 0. The minimum atomic E-state index is -0.904. The summed E-state index contributed by atoms with van der Waals surface area (Å²) in [5, 5.41) is 11.9. The van der Waals surface area contributed by atoms with E-state index in [9.17, 15) is 14.7 Å². The molecule has 1 amide bonds. The zero-order chi connectivity index (χ0) is 18.9. The van der Waals surface area contributed by atoms with E-state index in [0.717, 1.165) is 5.56 Å². The summed E-state index contributed by atoms with van der Waals surface area (Å²) in [6.45, 7) is 0.920. The van der Waals surface area contributed by atoms with Gasteiger partial charge in [0.1, 0.15) is 6.04 Å². The van der Waals surface area contributed by atoms with Gasteiger partial charge in [-0.1, -0.05) is 36.4 Å². The van der Waals surface area contributed by atoms with Gasteiger partial charge in [0.05, 0.1) is 11.5 Å². The first kappa shape index (κ1) is 18.2. The third-order valence-electron chi connectivity index (χ3n) is 5.75. The third kappa shape index (κ3) is 3.38. The van der Waals surface area contributed by atoms with Gasteiger partial charge in [-0.15, -0.1) is 11.3 Å². The Morgan fingerprint density at radius 1 is 1.07 bits per heavy atom. The van der Waals surface area contributed by atoms with Gasteiger partial charge in [-0.3, -0.25) is 9.59 Å². The third-order valence-corrected chi connectivity index (χ3v) is 6.74. The molecule has 1 aromatic carbocycles. The lowest BCUT2D eigenvalue weighted by molar-refractivity contribution is -0.148. The zero-order valence-electron chi connectivity index (χ0n) is 14.9. The van der Waals surface area contributed by atoms with Crippen molar-refractivity contribution in [2.45, 2.75) is 36.8 Å². The van der Waals surface area contributed by atoms with E-state index in [2.05, 4.69) is 16.9 Å². The Kier molecular flexibility index (Phi) is 4.99. The van der Waals surface area contributed by atoms with Crippen LogP contribution in [-0.4, -0.2) is 41.0 Å². The van der Waals surface area contributed by atoms with Crippen LogP contribution in [0.4, 0.5) is 0 Å². The van der Waals surface area contributed by atoms with Gasteiger partial charge in [0, 0.05) is 18.0 Å². The summed E-state index contributed by atoms with van der Waals surface area (Å²) in [5.41, 5.74) is 6.24. The molecular weight excluding hydrogens is 362 g/mol. The van der Waals surface area contributed by atoms with Crippen LogP contribution in [0.15, 0.2) is 47.8 Å². The topological polar surface area (TPSA) is 81.7 Å². The van der Waals surface area contributed by atoms with Crippen LogP contribution in [0.1, 0.15) is 35.7 Å². The largest absolute Gasteiger partial charge is 0.481 e. The van der Waals surface area contributed by atoms with Crippen molar-refractivity contribution in [2.24, 2.45) is 0 Å². The van der Waals surface area contributed by atoms with Gasteiger partial charge in [-0.2, -0.15) is 0 Å². The fourth-order valence-corrected chi connectivity index (χ4v) is 4.90. The summed E-state index contributed by atoms with van der Waals surface area (Å²) >= 11 is 1.68. The van der Waals surface area contributed by atoms with Crippen molar-refractivity contribution in [2.75, 3.05) is 13.1 Å². The number of hydrazine groups is 1. The molecule has 2 unspecified atom stereocenters. The van der Waals surface area contributed by atoms with Crippen LogP contribution in [0, 0.1) is 0 Å². The molecule has 3 heterocycles. The van der Waals surface area contributed by atoms with E-state index in [1.165, 1.54) is 4.88 Å². The van der Waals surface area contributed by atoms with Crippen LogP contribution in [0.2, 0.25) is 0 Å². The van der Waals surface area contributed by atoms with Crippen LogP contribution in [0.25, 0.3) is 0 Å². The Morgan fingerprint density at radius 3 is 2.44 bits per heavy atom. The number of carboxylic acids is 1. The van der Waals surface area contributed by atoms with Crippen molar-refractivity contribution >= 4 is 23.2 Å². The maximum Gasteiger partial charge on any atom is 0.314 e. The molecule has 1 aromatic heterocycles. The first-order valence-corrected chi connectivity index (χ1v) is 10.1. The fraction of sp³-hybridized carbons (Fsp3) is 0.400. The van der Waals surface area contributed by atoms with E-state index < -0.39 is 11.4 Å². The number of carbonyl (C=O) groups is 2. The van der Waals surface area contributed by atoms with Crippen molar-refractivity contribution in [1.82, 2.24) is 15.8 Å². The SMILES string of the molecule is O=C(C1CC(c2cccs2)NN1)N1CCC(C(=O)O)(c2ccccc2)CC1. The molecule has 0 saturated carbocycles. The van der Waals surface area contributed by atoms with Gasteiger partial charge >= 0.3 is 5.97 Å². The highest BCUT2D eigenvalue weighted by Gasteiger charge is 2.45. The molecule has 2 saturated heterocycles. The lowest BCUT2D eigenvalue weighted by Gasteiger charge is -2.40. The Balaban J connectivity index is 1.41. The average Bonchev–Trinajstić information content (AvgIpc) is 3.39. The molecule has 2 atom stereocenters. The average molecular weight is 385 g/mol. The molecule has 4 rings (SSSR count). The van der Waals surface area contributed by atoms with Gasteiger partial charge < -0.3 is 10.0 Å². The summed E-state index contributed by atoms with van der Waals surface area (Å²) in [6.07, 6.45) is 1.58. The summed E-state index contributed by atoms with van der Waals surface area (Å²) in [6, 6.07) is 13.3. The molecule has 2 aliphatic heterocycles. The number of hydrogen-bond acceptors (Lipinski definition) is 5. The maximum atomic E-state index is 12.9. The van der Waals surface area contributed by atoms with Crippen LogP contribution in [-0.2, 0) is 15.0 Å². The number of carbonyl (C=O) groups excluding carboxylic acids is 1. The lowest BCUT2D eigenvalue weighted by Crippen LogP contribution is -2.53. The number of aliphatic carboxylic acids is 1. The first-order chi connectivity index (χ1) is 13.1. The summed E-state index contributed by atoms with van der Waals surface area (Å²) in [5.74, 6) is -0.757. The highest BCUT2D eigenvalue weighted by Crippen LogP contribution is 2.36. The molecule has 0 spiro atoms. The van der Waals surface area contributed by atoms with Gasteiger partial charge in [0.25, 0.3) is 0 Å². The van der Waals surface area contributed by atoms with E-state index in [1.54, 1.807) is 16.2 Å². The van der Waals surface area contributed by atoms with E-state index in [1.807, 2.05) is 41.8 Å². The highest BCUT2D eigenvalue weighted by atomic mass is 32.1. The number of thiophene rings is 1. The van der Waals surface area contributed by atoms with Crippen molar-refractivity contribution < 1.29 is 14.7 Å². The molecule has 2 aliphatic rings.